The van der Waals surface area contributed by atoms with Gasteiger partial charge in [0.1, 0.15) is 11.5 Å². The van der Waals surface area contributed by atoms with Crippen molar-refractivity contribution in [1.82, 2.24) is 0 Å². The maximum atomic E-state index is 13.3. The van der Waals surface area contributed by atoms with Crippen LogP contribution in [0.15, 0.2) is 21.1 Å². The highest BCUT2D eigenvalue weighted by Crippen LogP contribution is 2.36. The Morgan fingerprint density at radius 2 is 1.37 bits per heavy atom. The van der Waals surface area contributed by atoms with Gasteiger partial charge in [0, 0.05) is 0 Å². The number of hydrogen-bond acceptors (Lipinski definition) is 4. The van der Waals surface area contributed by atoms with Crippen molar-refractivity contribution < 1.29 is 28.2 Å². The van der Waals surface area contributed by atoms with E-state index in [0.29, 0.717) is 0 Å². The maximum absolute atomic E-state index is 13.3. The van der Waals surface area contributed by atoms with Crippen molar-refractivity contribution in [2.75, 3.05) is 7.11 Å². The first-order valence-electron chi connectivity index (χ1n) is 7.03. The zero-order valence-electron chi connectivity index (χ0n) is 14.1. The third-order valence-corrected chi connectivity index (χ3v) is 5.20. The monoisotopic (exact) mass is 546 g/mol. The normalized spacial score (nSPS) is 10.1. The summed E-state index contributed by atoms with van der Waals surface area (Å²) in [5.74, 6) is -2.27. The number of hydrogen-bond donors (Lipinski definition) is 1. The highest BCUT2D eigenvalue weighted by Gasteiger charge is 2.19. The average molecular weight is 549 g/mol. The molecule has 2 aromatic carbocycles. The number of methoxy groups -OCH3 is 1. The zero-order valence-corrected chi connectivity index (χ0v) is 18.8. The molecular weight excluding hydrogens is 537 g/mol. The summed E-state index contributed by atoms with van der Waals surface area (Å²) in [5.41, 5.74) is 0.254. The fourth-order valence-electron chi connectivity index (χ4n) is 1.89. The van der Waals surface area contributed by atoms with Crippen LogP contribution in [0, 0.1) is 11.6 Å². The molecular formula is C17H12Br2Cl2F2O4. The van der Waals surface area contributed by atoms with Crippen LogP contribution in [0.2, 0.25) is 10.0 Å². The van der Waals surface area contributed by atoms with Gasteiger partial charge in [-0.05, 0) is 57.8 Å². The van der Waals surface area contributed by atoms with Gasteiger partial charge in [-0.25, -0.2) is 8.78 Å². The summed E-state index contributed by atoms with van der Waals surface area (Å²) in [6.45, 7) is 2.62. The summed E-state index contributed by atoms with van der Waals surface area (Å²) in [5, 5.41) is 9.00. The van der Waals surface area contributed by atoms with Crippen molar-refractivity contribution in [1.29, 1.82) is 0 Å². The highest BCUT2D eigenvalue weighted by molar-refractivity contribution is 9.11. The van der Waals surface area contributed by atoms with Crippen LogP contribution in [0.5, 0.6) is 11.5 Å². The van der Waals surface area contributed by atoms with Gasteiger partial charge < -0.3 is 9.84 Å². The van der Waals surface area contributed by atoms with E-state index < -0.39 is 17.4 Å². The van der Waals surface area contributed by atoms with Crippen molar-refractivity contribution >= 4 is 66.6 Å². The maximum Gasteiger partial charge on any atom is 0.163 e. The second kappa shape index (κ2) is 9.82. The Balaban J connectivity index is 0.000000271. The lowest BCUT2D eigenvalue weighted by Crippen LogP contribution is -2.00. The Hall–Kier alpha value is -1.22. The van der Waals surface area contributed by atoms with Crippen LogP contribution in [-0.2, 0) is 0 Å². The van der Waals surface area contributed by atoms with Crippen LogP contribution in [0.4, 0.5) is 8.78 Å². The summed E-state index contributed by atoms with van der Waals surface area (Å²) >= 11 is 16.8. The van der Waals surface area contributed by atoms with Crippen LogP contribution in [0.25, 0.3) is 0 Å². The highest BCUT2D eigenvalue weighted by atomic mass is 79.9. The van der Waals surface area contributed by atoms with Crippen LogP contribution >= 0.6 is 55.1 Å². The Morgan fingerprint density at radius 1 is 0.963 bits per heavy atom. The van der Waals surface area contributed by atoms with Crippen LogP contribution in [0.3, 0.4) is 0 Å². The molecule has 0 saturated heterocycles. The molecule has 0 unspecified atom stereocenters. The largest absolute Gasteiger partial charge is 0.506 e. The van der Waals surface area contributed by atoms with Crippen LogP contribution in [0.1, 0.15) is 34.6 Å². The Morgan fingerprint density at radius 3 is 1.78 bits per heavy atom. The molecule has 0 fully saturated rings. The van der Waals surface area contributed by atoms with E-state index in [0.717, 1.165) is 6.07 Å². The summed E-state index contributed by atoms with van der Waals surface area (Å²) in [6, 6.07) is 2.35. The van der Waals surface area contributed by atoms with E-state index in [1.807, 2.05) is 0 Å². The van der Waals surface area contributed by atoms with Gasteiger partial charge in [-0.1, -0.05) is 23.2 Å². The first kappa shape index (κ1) is 23.8. The molecule has 2 rings (SSSR count). The fourth-order valence-corrected chi connectivity index (χ4v) is 3.54. The first-order valence-corrected chi connectivity index (χ1v) is 9.37. The number of carbonyl (C=O) groups is 2. The van der Waals surface area contributed by atoms with Crippen molar-refractivity contribution in [2.24, 2.45) is 0 Å². The molecule has 0 radical (unpaired) electrons. The van der Waals surface area contributed by atoms with E-state index in [1.54, 1.807) is 0 Å². The van der Waals surface area contributed by atoms with E-state index >= 15 is 0 Å². The molecule has 0 saturated carbocycles. The summed E-state index contributed by atoms with van der Waals surface area (Å²) in [6.07, 6.45) is 0. The van der Waals surface area contributed by atoms with Crippen molar-refractivity contribution in [3.05, 3.63) is 53.9 Å². The number of carbonyl (C=O) groups excluding carboxylic acids is 2. The molecule has 10 heteroatoms. The smallest absolute Gasteiger partial charge is 0.163 e. The molecule has 0 aliphatic heterocycles. The number of halogens is 6. The number of benzene rings is 2. The quantitative estimate of drug-likeness (QED) is 0.347. The second-order valence-electron chi connectivity index (χ2n) is 5.06. The van der Waals surface area contributed by atoms with E-state index in [9.17, 15) is 23.5 Å². The molecule has 0 heterocycles. The lowest BCUT2D eigenvalue weighted by atomic mass is 10.1. The molecule has 4 nitrogen and oxygen atoms in total. The van der Waals surface area contributed by atoms with E-state index in [4.69, 9.17) is 27.9 Å². The van der Waals surface area contributed by atoms with Crippen LogP contribution < -0.4 is 4.74 Å². The number of ketones is 2. The lowest BCUT2D eigenvalue weighted by Gasteiger charge is -2.09. The predicted molar refractivity (Wildman–Crippen MR) is 106 cm³/mol. The van der Waals surface area contributed by atoms with Gasteiger partial charge in [0.2, 0.25) is 0 Å². The van der Waals surface area contributed by atoms with E-state index in [1.165, 1.54) is 27.0 Å². The summed E-state index contributed by atoms with van der Waals surface area (Å²) in [4.78, 5) is 22.1. The van der Waals surface area contributed by atoms with Gasteiger partial charge in [0.15, 0.2) is 23.2 Å². The minimum atomic E-state index is -0.774. The van der Waals surface area contributed by atoms with Crippen molar-refractivity contribution in [2.45, 2.75) is 13.8 Å². The number of phenolic OH excluding ortho intramolecular Hbond substituents is 1. The third-order valence-electron chi connectivity index (χ3n) is 3.22. The Kier molecular flexibility index (Phi) is 8.66. The van der Waals surface area contributed by atoms with Crippen molar-refractivity contribution in [3.8, 4) is 11.5 Å². The molecule has 0 aliphatic rings. The Labute approximate surface area is 180 Å². The minimum Gasteiger partial charge on any atom is -0.506 e. The third kappa shape index (κ3) is 5.40. The van der Waals surface area contributed by atoms with Gasteiger partial charge in [0.25, 0.3) is 0 Å². The zero-order chi connectivity index (χ0) is 21.0. The van der Waals surface area contributed by atoms with Crippen molar-refractivity contribution in [3.63, 3.8) is 0 Å². The fraction of sp³-hybridized carbons (Fsp3) is 0.176. The van der Waals surface area contributed by atoms with Gasteiger partial charge in [-0.15, -0.1) is 0 Å². The second-order valence-corrected chi connectivity index (χ2v) is 7.46. The molecule has 1 N–H and O–H groups in total. The average Bonchev–Trinajstić information content (AvgIpc) is 2.60. The predicted octanol–water partition coefficient (Wildman–Crippen LogP) is 6.60. The first-order chi connectivity index (χ1) is 12.4. The number of Topliss-reactive ketones (excluding diaryl/α,β-unsaturated/α-hetero) is 2. The molecule has 0 spiro atoms. The molecule has 0 aromatic heterocycles. The number of ether oxygens (including phenoxy) is 1. The van der Waals surface area contributed by atoms with Gasteiger partial charge in [-0.3, -0.25) is 9.59 Å². The number of phenols is 1. The number of aromatic hydroxyl groups is 1. The van der Waals surface area contributed by atoms with Gasteiger partial charge in [-0.2, -0.15) is 0 Å². The molecule has 0 atom stereocenters. The standard InChI is InChI=1S/C9H7BrClFO2.C8H5BrClFO2/c1-4(13)5-3-6(11)8(12)7(10)9(5)14-2;1-3(12)4-2-5(10)7(11)6(9)8(4)13/h3H,1-2H3;2,13H,1H3. The molecule has 0 aliphatic carbocycles. The molecule has 27 heavy (non-hydrogen) atoms. The molecule has 2 aromatic rings. The lowest BCUT2D eigenvalue weighted by molar-refractivity contribution is 0.100. The minimum absolute atomic E-state index is 0.00160. The van der Waals surface area contributed by atoms with Gasteiger partial charge >= 0.3 is 0 Å². The summed E-state index contributed by atoms with van der Waals surface area (Å²) in [7, 11) is 1.36. The SMILES string of the molecule is CC(=O)c1cc(Cl)c(F)c(Br)c1O.COc1c(C(C)=O)cc(Cl)c(F)c1Br. The Bertz CT molecular complexity index is 921. The van der Waals surface area contributed by atoms with Crippen LogP contribution in [-0.4, -0.2) is 23.8 Å². The molecule has 146 valence electrons. The summed E-state index contributed by atoms with van der Waals surface area (Å²) < 4.78 is 31.0. The van der Waals surface area contributed by atoms with Gasteiger partial charge in [0.05, 0.1) is 37.2 Å². The molecule has 0 bridgehead atoms. The van der Waals surface area contributed by atoms with E-state index in [2.05, 4.69) is 31.9 Å². The van der Waals surface area contributed by atoms with E-state index in [-0.39, 0.29) is 47.4 Å². The number of rotatable bonds is 3. The topological polar surface area (TPSA) is 63.6 Å². The molecule has 0 amide bonds.